The van der Waals surface area contributed by atoms with Crippen molar-refractivity contribution in [3.05, 3.63) is 54.2 Å². The first-order chi connectivity index (χ1) is 16.8. The monoisotopic (exact) mass is 499 g/mol. The molecule has 0 aliphatic carbocycles. The molecule has 186 valence electrons. The highest BCUT2D eigenvalue weighted by molar-refractivity contribution is 7.89. The van der Waals surface area contributed by atoms with Crippen LogP contribution >= 0.6 is 0 Å². The van der Waals surface area contributed by atoms with Crippen LogP contribution < -0.4 is 24.4 Å². The first-order valence-electron chi connectivity index (χ1n) is 11.1. The van der Waals surface area contributed by atoms with Crippen molar-refractivity contribution in [2.75, 3.05) is 57.7 Å². The summed E-state index contributed by atoms with van der Waals surface area (Å²) in [6, 6.07) is 14.2. The number of benzene rings is 2. The largest absolute Gasteiger partial charge is 0.497 e. The first kappa shape index (κ1) is 24.6. The predicted molar refractivity (Wildman–Crippen MR) is 134 cm³/mol. The topological polar surface area (TPSA) is 106 Å². The molecule has 1 aromatic heterocycles. The Morgan fingerprint density at radius 2 is 1.49 bits per heavy atom. The number of methoxy groups -OCH3 is 3. The zero-order valence-corrected chi connectivity index (χ0v) is 21.0. The van der Waals surface area contributed by atoms with Gasteiger partial charge in [-0.2, -0.15) is 9.29 Å². The molecule has 2 aromatic carbocycles. The average Bonchev–Trinajstić information content (AvgIpc) is 2.88. The van der Waals surface area contributed by atoms with E-state index in [2.05, 4.69) is 15.3 Å². The van der Waals surface area contributed by atoms with Gasteiger partial charge in [-0.25, -0.2) is 13.4 Å². The number of sulfonamides is 1. The lowest BCUT2D eigenvalue weighted by atomic mass is 10.3. The number of piperazine rings is 1. The molecule has 0 amide bonds. The van der Waals surface area contributed by atoms with Crippen LogP contribution in [0.15, 0.2) is 53.4 Å². The second-order valence-corrected chi connectivity index (χ2v) is 9.86. The van der Waals surface area contributed by atoms with Crippen LogP contribution in [0.4, 0.5) is 17.5 Å². The van der Waals surface area contributed by atoms with Gasteiger partial charge in [-0.3, -0.25) is 0 Å². The second-order valence-electron chi connectivity index (χ2n) is 7.96. The molecule has 1 aliphatic rings. The zero-order valence-electron chi connectivity index (χ0n) is 20.2. The van der Waals surface area contributed by atoms with Crippen molar-refractivity contribution in [1.82, 2.24) is 14.3 Å². The molecule has 0 bridgehead atoms. The maximum Gasteiger partial charge on any atom is 0.247 e. The van der Waals surface area contributed by atoms with Gasteiger partial charge in [-0.15, -0.1) is 0 Å². The summed E-state index contributed by atoms with van der Waals surface area (Å²) in [5.74, 6) is 2.72. The van der Waals surface area contributed by atoms with E-state index in [4.69, 9.17) is 14.2 Å². The molecular formula is C24H29N5O5S. The van der Waals surface area contributed by atoms with Crippen molar-refractivity contribution >= 4 is 27.5 Å². The zero-order chi connectivity index (χ0) is 25.0. The third kappa shape index (κ3) is 5.41. The van der Waals surface area contributed by atoms with Gasteiger partial charge in [0.25, 0.3) is 0 Å². The van der Waals surface area contributed by atoms with Gasteiger partial charge in [0.1, 0.15) is 28.0 Å². The number of anilines is 3. The molecule has 0 unspecified atom stereocenters. The number of nitrogens with zero attached hydrogens (tertiary/aromatic N) is 4. The summed E-state index contributed by atoms with van der Waals surface area (Å²) >= 11 is 0. The lowest BCUT2D eigenvalue weighted by Gasteiger charge is -2.34. The van der Waals surface area contributed by atoms with Gasteiger partial charge < -0.3 is 24.4 Å². The average molecular weight is 500 g/mol. The van der Waals surface area contributed by atoms with Crippen molar-refractivity contribution in [1.29, 1.82) is 0 Å². The van der Waals surface area contributed by atoms with Gasteiger partial charge >= 0.3 is 0 Å². The van der Waals surface area contributed by atoms with Gasteiger partial charge in [0.2, 0.25) is 16.0 Å². The van der Waals surface area contributed by atoms with Crippen molar-refractivity contribution in [3.8, 4) is 17.2 Å². The van der Waals surface area contributed by atoms with Crippen LogP contribution in [0, 0.1) is 6.92 Å². The molecule has 0 radical (unpaired) electrons. The van der Waals surface area contributed by atoms with Crippen molar-refractivity contribution < 1.29 is 22.6 Å². The van der Waals surface area contributed by atoms with Crippen LogP contribution in [0.1, 0.15) is 5.69 Å². The van der Waals surface area contributed by atoms with Crippen LogP contribution in [0.25, 0.3) is 0 Å². The molecule has 1 aliphatic heterocycles. The van der Waals surface area contributed by atoms with Crippen LogP contribution in [0.3, 0.4) is 0 Å². The second kappa shape index (κ2) is 10.4. The maximum atomic E-state index is 13.4. The molecular weight excluding hydrogens is 470 g/mol. The fraction of sp³-hybridized carbons (Fsp3) is 0.333. The van der Waals surface area contributed by atoms with Crippen LogP contribution in [-0.4, -0.2) is 70.2 Å². The molecule has 1 N–H and O–H groups in total. The standard InChI is InChI=1S/C24H29N5O5S/c1-17-15-23(26-18-5-7-19(32-2)8-6-18)27-24(25-17)28-11-13-29(14-12-28)35(30,31)22-16-20(33-3)9-10-21(22)34-4/h5-10,15-16H,11-14H2,1-4H3,(H,25,26,27). The summed E-state index contributed by atoms with van der Waals surface area (Å²) in [7, 11) is 0.805. The molecule has 2 heterocycles. The van der Waals surface area contributed by atoms with Crippen LogP contribution in [0.2, 0.25) is 0 Å². The number of aryl methyl sites for hydroxylation is 1. The van der Waals surface area contributed by atoms with Gasteiger partial charge in [-0.05, 0) is 43.3 Å². The summed E-state index contributed by atoms with van der Waals surface area (Å²) in [4.78, 5) is 11.3. The Hall–Kier alpha value is -3.57. The Bertz CT molecular complexity index is 1280. The summed E-state index contributed by atoms with van der Waals surface area (Å²) in [6.45, 7) is 3.40. The molecule has 0 spiro atoms. The van der Waals surface area contributed by atoms with E-state index in [1.807, 2.05) is 42.2 Å². The Labute approximate surface area is 205 Å². The molecule has 11 heteroatoms. The normalized spacial score (nSPS) is 14.5. The van der Waals surface area contributed by atoms with Crippen molar-refractivity contribution in [3.63, 3.8) is 0 Å². The maximum absolute atomic E-state index is 13.4. The number of hydrogen-bond acceptors (Lipinski definition) is 9. The Morgan fingerprint density at radius 3 is 2.11 bits per heavy atom. The third-order valence-electron chi connectivity index (χ3n) is 5.71. The van der Waals surface area contributed by atoms with E-state index in [1.54, 1.807) is 19.2 Å². The molecule has 1 fully saturated rings. The van der Waals surface area contributed by atoms with Gasteiger partial charge in [0.15, 0.2) is 0 Å². The molecule has 10 nitrogen and oxygen atoms in total. The quantitative estimate of drug-likeness (QED) is 0.500. The minimum absolute atomic E-state index is 0.0885. The van der Waals surface area contributed by atoms with E-state index >= 15 is 0 Å². The van der Waals surface area contributed by atoms with Gasteiger partial charge in [0, 0.05) is 49.7 Å². The van der Waals surface area contributed by atoms with Crippen LogP contribution in [-0.2, 0) is 10.0 Å². The van der Waals surface area contributed by atoms with E-state index in [-0.39, 0.29) is 10.6 Å². The molecule has 1 saturated heterocycles. The molecule has 0 saturated carbocycles. The van der Waals surface area contributed by atoms with Crippen molar-refractivity contribution in [2.45, 2.75) is 11.8 Å². The highest BCUT2D eigenvalue weighted by Gasteiger charge is 2.32. The SMILES string of the molecule is COc1ccc(Nc2cc(C)nc(N3CCN(S(=O)(=O)c4cc(OC)ccc4OC)CC3)n2)cc1. The summed E-state index contributed by atoms with van der Waals surface area (Å²) in [6.07, 6.45) is 0. The lowest BCUT2D eigenvalue weighted by molar-refractivity contribution is 0.369. The summed E-state index contributed by atoms with van der Waals surface area (Å²) < 4.78 is 43.9. The van der Waals surface area contributed by atoms with Crippen LogP contribution in [0.5, 0.6) is 17.2 Å². The highest BCUT2D eigenvalue weighted by Crippen LogP contribution is 2.31. The molecule has 0 atom stereocenters. The van der Waals surface area contributed by atoms with E-state index in [1.165, 1.54) is 24.6 Å². The molecule has 4 rings (SSSR count). The Kier molecular flexibility index (Phi) is 7.27. The van der Waals surface area contributed by atoms with E-state index in [0.717, 1.165) is 17.1 Å². The third-order valence-corrected chi connectivity index (χ3v) is 7.63. The Morgan fingerprint density at radius 1 is 0.829 bits per heavy atom. The fourth-order valence-electron chi connectivity index (χ4n) is 3.83. The Balaban J connectivity index is 1.48. The minimum Gasteiger partial charge on any atom is -0.497 e. The van der Waals surface area contributed by atoms with Gasteiger partial charge in [0.05, 0.1) is 21.3 Å². The number of rotatable bonds is 8. The smallest absolute Gasteiger partial charge is 0.247 e. The lowest BCUT2D eigenvalue weighted by Crippen LogP contribution is -2.49. The number of ether oxygens (including phenoxy) is 3. The predicted octanol–water partition coefficient (Wildman–Crippen LogP) is 3.07. The molecule has 3 aromatic rings. The molecule has 35 heavy (non-hydrogen) atoms. The number of nitrogens with one attached hydrogen (secondary N) is 1. The minimum atomic E-state index is -3.77. The fourth-order valence-corrected chi connectivity index (χ4v) is 5.43. The number of hydrogen-bond donors (Lipinski definition) is 1. The van der Waals surface area contributed by atoms with E-state index < -0.39 is 10.0 Å². The first-order valence-corrected chi connectivity index (χ1v) is 12.5. The highest BCUT2D eigenvalue weighted by atomic mass is 32.2. The summed E-state index contributed by atoms with van der Waals surface area (Å²) in [5, 5.41) is 3.29. The summed E-state index contributed by atoms with van der Waals surface area (Å²) in [5.41, 5.74) is 1.68. The van der Waals surface area contributed by atoms with Crippen molar-refractivity contribution in [2.24, 2.45) is 0 Å². The van der Waals surface area contributed by atoms with E-state index in [9.17, 15) is 8.42 Å². The van der Waals surface area contributed by atoms with Gasteiger partial charge in [-0.1, -0.05) is 0 Å². The number of aromatic nitrogens is 2. The van der Waals surface area contributed by atoms with E-state index in [0.29, 0.717) is 43.7 Å².